The number of carbonyl (C=O) groups is 3. The van der Waals surface area contributed by atoms with Crippen molar-refractivity contribution < 1.29 is 31.9 Å². The van der Waals surface area contributed by atoms with Crippen LogP contribution in [-0.2, 0) is 22.3 Å². The van der Waals surface area contributed by atoms with Crippen molar-refractivity contribution >= 4 is 34.7 Å². The van der Waals surface area contributed by atoms with Gasteiger partial charge in [0.1, 0.15) is 11.5 Å². The van der Waals surface area contributed by atoms with Gasteiger partial charge in [0, 0.05) is 79.4 Å². The highest BCUT2D eigenvalue weighted by atomic mass is 19.4. The van der Waals surface area contributed by atoms with E-state index in [-0.39, 0.29) is 41.7 Å². The molecule has 8 rings (SSSR count). The molecule has 1 unspecified atom stereocenters. The maximum atomic E-state index is 15.1. The van der Waals surface area contributed by atoms with Crippen molar-refractivity contribution in [2.24, 2.45) is 0 Å². The molecule has 2 N–H and O–H groups in total. The van der Waals surface area contributed by atoms with Crippen molar-refractivity contribution in [1.82, 2.24) is 29.7 Å². The number of hydrogen-bond donors (Lipinski definition) is 2. The van der Waals surface area contributed by atoms with Crippen LogP contribution >= 0.6 is 0 Å². The number of aryl methyl sites for hydroxylation is 1. The summed E-state index contributed by atoms with van der Waals surface area (Å²) in [7, 11) is 0. The molecule has 1 atom stereocenters. The molecule has 2 aromatic heterocycles. The van der Waals surface area contributed by atoms with Gasteiger partial charge in [-0.15, -0.1) is 0 Å². The summed E-state index contributed by atoms with van der Waals surface area (Å²) in [6.45, 7) is 6.08. The first kappa shape index (κ1) is 39.7. The van der Waals surface area contributed by atoms with Crippen LogP contribution in [0.1, 0.15) is 75.5 Å². The van der Waals surface area contributed by atoms with Crippen LogP contribution in [0.5, 0.6) is 0 Å². The van der Waals surface area contributed by atoms with E-state index in [1.807, 2.05) is 19.1 Å². The number of piperazine rings is 1. The van der Waals surface area contributed by atoms with Crippen molar-refractivity contribution in [2.45, 2.75) is 57.3 Å². The molecule has 3 aliphatic rings. The Balaban J connectivity index is 0.858. The number of halogens is 4. The maximum absolute atomic E-state index is 15.1. The molecular weight excluding hydrogens is 765 g/mol. The fourth-order valence-electron chi connectivity index (χ4n) is 8.23. The molecule has 3 aliphatic heterocycles. The number of fused-ring (bicyclic) bond motifs is 1. The monoisotopic (exact) mass is 806 g/mol. The molecule has 304 valence electrons. The van der Waals surface area contributed by atoms with Gasteiger partial charge in [-0.1, -0.05) is 24.1 Å². The molecule has 0 aliphatic carbocycles. The molecule has 59 heavy (non-hydrogen) atoms. The van der Waals surface area contributed by atoms with E-state index < -0.39 is 35.3 Å². The molecule has 5 heterocycles. The molecular formula is C44H42F4N8O3. The second-order valence-corrected chi connectivity index (χ2v) is 15.3. The smallest absolute Gasteiger partial charge is 0.368 e. The largest absolute Gasteiger partial charge is 0.418 e. The van der Waals surface area contributed by atoms with Crippen molar-refractivity contribution in [2.75, 3.05) is 49.5 Å². The number of likely N-dealkylation sites (tertiary alicyclic amines) is 1. The number of rotatable bonds is 7. The molecule has 3 aromatic carbocycles. The summed E-state index contributed by atoms with van der Waals surface area (Å²) in [5.74, 6) is 3.63. The molecule has 3 amide bonds. The number of anilines is 2. The van der Waals surface area contributed by atoms with E-state index in [4.69, 9.17) is 0 Å². The minimum Gasteiger partial charge on any atom is -0.368 e. The highest BCUT2D eigenvalue weighted by Gasteiger charge is 2.37. The number of imidazole rings is 1. The summed E-state index contributed by atoms with van der Waals surface area (Å²) in [6.07, 6.45) is 0.832. The number of carbonyl (C=O) groups excluding carboxylic acids is 3. The van der Waals surface area contributed by atoms with Gasteiger partial charge in [-0.05, 0) is 105 Å². The number of nitrogens with one attached hydrogen (secondary N) is 2. The zero-order valence-corrected chi connectivity index (χ0v) is 32.4. The van der Waals surface area contributed by atoms with Gasteiger partial charge in [-0.2, -0.15) is 18.3 Å². The highest BCUT2D eigenvalue weighted by Crippen LogP contribution is 2.39. The summed E-state index contributed by atoms with van der Waals surface area (Å²) in [6, 6.07) is 17.7. The lowest BCUT2D eigenvalue weighted by molar-refractivity contribution is -0.137. The van der Waals surface area contributed by atoms with E-state index in [9.17, 15) is 27.6 Å². The number of aromatic nitrogens is 3. The molecule has 11 nitrogen and oxygen atoms in total. The van der Waals surface area contributed by atoms with Crippen molar-refractivity contribution in [3.05, 3.63) is 124 Å². The summed E-state index contributed by atoms with van der Waals surface area (Å²) in [5, 5.41) is 9.19. The zero-order valence-electron chi connectivity index (χ0n) is 32.4. The van der Waals surface area contributed by atoms with E-state index in [1.54, 1.807) is 52.1 Å². The Bertz CT molecular complexity index is 2480. The number of hydrogen-bond acceptors (Lipinski definition) is 8. The first-order valence-corrected chi connectivity index (χ1v) is 19.7. The average molecular weight is 807 g/mol. The lowest BCUT2D eigenvalue weighted by atomic mass is 9.89. The van der Waals surface area contributed by atoms with Gasteiger partial charge in [0.15, 0.2) is 5.65 Å². The van der Waals surface area contributed by atoms with Crippen LogP contribution < -0.4 is 15.5 Å². The Hall–Kier alpha value is -6.11. The van der Waals surface area contributed by atoms with Gasteiger partial charge in [-0.25, -0.2) is 13.9 Å². The minimum absolute atomic E-state index is 0.0366. The van der Waals surface area contributed by atoms with E-state index in [0.717, 1.165) is 43.1 Å². The van der Waals surface area contributed by atoms with Gasteiger partial charge in [0.05, 0.1) is 17.7 Å². The Labute approximate surface area is 338 Å². The quantitative estimate of drug-likeness (QED) is 0.114. The van der Waals surface area contributed by atoms with Crippen LogP contribution in [0.25, 0.3) is 5.65 Å². The van der Waals surface area contributed by atoms with Gasteiger partial charge in [-0.3, -0.25) is 29.5 Å². The maximum Gasteiger partial charge on any atom is 0.418 e. The van der Waals surface area contributed by atoms with Crippen LogP contribution in [0, 0.1) is 24.6 Å². The fourth-order valence-corrected chi connectivity index (χ4v) is 8.23. The molecule has 3 fully saturated rings. The Morgan fingerprint density at radius 1 is 0.932 bits per heavy atom. The summed E-state index contributed by atoms with van der Waals surface area (Å²) >= 11 is 0. The standard InChI is InChI=1S/C44H42F4N8O3/c1-28-4-6-31(24-30(28)7-9-34-26-49-40-3-2-16-50-56(34)40)42(58)51-32-8-12-39(37(25-32)44(46,47)48)55-21-19-54(20-22-55)33-14-17-53(18-15-33)27-29-5-10-35(38(45)23-29)36-11-13-41(57)52-43(36)59/h2-6,8,10,12,16,23-26,33,36H,11,13-15,17-22,27H2,1H3,(H,51,58)(H,52,57,59). The van der Waals surface area contributed by atoms with Crippen LogP contribution in [0.15, 0.2) is 79.1 Å². The fraction of sp³-hybridized carbons (Fsp3) is 0.341. The van der Waals surface area contributed by atoms with Crippen LogP contribution in [0.2, 0.25) is 0 Å². The topological polar surface area (TPSA) is 115 Å². The Kier molecular flexibility index (Phi) is 11.2. The third kappa shape index (κ3) is 8.84. The number of amides is 3. The number of benzene rings is 3. The molecule has 0 spiro atoms. The summed E-state index contributed by atoms with van der Waals surface area (Å²) in [5.41, 5.74) is 3.31. The first-order valence-electron chi connectivity index (χ1n) is 19.7. The minimum atomic E-state index is -4.65. The van der Waals surface area contributed by atoms with Gasteiger partial charge in [0.2, 0.25) is 11.8 Å². The highest BCUT2D eigenvalue weighted by molar-refractivity contribution is 6.04. The Morgan fingerprint density at radius 3 is 2.47 bits per heavy atom. The van der Waals surface area contributed by atoms with E-state index in [1.165, 1.54) is 18.2 Å². The number of nitrogens with zero attached hydrogens (tertiary/aromatic N) is 6. The second kappa shape index (κ2) is 16.6. The Morgan fingerprint density at radius 2 is 1.73 bits per heavy atom. The molecule has 0 radical (unpaired) electrons. The second-order valence-electron chi connectivity index (χ2n) is 15.3. The molecule has 0 saturated carbocycles. The van der Waals surface area contributed by atoms with Crippen LogP contribution in [0.4, 0.5) is 28.9 Å². The predicted molar refractivity (Wildman–Crippen MR) is 213 cm³/mol. The molecule has 0 bridgehead atoms. The number of alkyl halides is 3. The molecule has 5 aromatic rings. The predicted octanol–water partition coefficient (Wildman–Crippen LogP) is 6.15. The van der Waals surface area contributed by atoms with Crippen LogP contribution in [-0.4, -0.2) is 87.4 Å². The lowest BCUT2D eigenvalue weighted by Crippen LogP contribution is -2.53. The van der Waals surface area contributed by atoms with Gasteiger partial charge >= 0.3 is 6.18 Å². The zero-order chi connectivity index (χ0) is 41.3. The SMILES string of the molecule is Cc1ccc(C(=O)Nc2ccc(N3CCN(C4CCN(Cc5ccc(C6CCC(=O)NC6=O)c(F)c5)CC4)CC3)c(C(F)(F)F)c2)cc1C#Cc1cnc2cccnn12. The molecule has 3 saturated heterocycles. The summed E-state index contributed by atoms with van der Waals surface area (Å²) in [4.78, 5) is 47.7. The third-order valence-corrected chi connectivity index (χ3v) is 11.5. The number of piperidine rings is 2. The number of imide groups is 1. The van der Waals surface area contributed by atoms with E-state index in [0.29, 0.717) is 55.2 Å². The van der Waals surface area contributed by atoms with Crippen LogP contribution in [0.3, 0.4) is 0 Å². The average Bonchev–Trinajstić information content (AvgIpc) is 3.64. The van der Waals surface area contributed by atoms with Crippen molar-refractivity contribution in [3.63, 3.8) is 0 Å². The van der Waals surface area contributed by atoms with Gasteiger partial charge in [0.25, 0.3) is 5.91 Å². The molecule has 15 heteroatoms. The normalized spacial score (nSPS) is 18.4. The summed E-state index contributed by atoms with van der Waals surface area (Å²) < 4.78 is 60.3. The van der Waals surface area contributed by atoms with E-state index >= 15 is 4.39 Å². The van der Waals surface area contributed by atoms with Crippen molar-refractivity contribution in [1.29, 1.82) is 0 Å². The van der Waals surface area contributed by atoms with Gasteiger partial charge < -0.3 is 10.2 Å². The van der Waals surface area contributed by atoms with E-state index in [2.05, 4.69) is 42.4 Å². The van der Waals surface area contributed by atoms with Crippen molar-refractivity contribution in [3.8, 4) is 11.8 Å². The third-order valence-electron chi connectivity index (χ3n) is 11.5. The lowest BCUT2D eigenvalue weighted by Gasteiger charge is -2.43. The first-order chi connectivity index (χ1) is 28.4.